The predicted molar refractivity (Wildman–Crippen MR) is 91.3 cm³/mol. The quantitative estimate of drug-likeness (QED) is 0.844. The first-order valence-corrected chi connectivity index (χ1v) is 10.1. The fourth-order valence-electron chi connectivity index (χ4n) is 3.48. The summed E-state index contributed by atoms with van der Waals surface area (Å²) in [5.41, 5.74) is 0.743. The van der Waals surface area contributed by atoms with Crippen molar-refractivity contribution in [1.82, 2.24) is 15.0 Å². The Morgan fingerprint density at radius 3 is 2.29 bits per heavy atom. The van der Waals surface area contributed by atoms with Gasteiger partial charge in [0.2, 0.25) is 11.7 Å². The van der Waals surface area contributed by atoms with Crippen LogP contribution in [0.4, 0.5) is 0 Å². The minimum atomic E-state index is -3.20. The summed E-state index contributed by atoms with van der Waals surface area (Å²) in [7, 11) is -3.20. The van der Waals surface area contributed by atoms with Crippen molar-refractivity contribution in [2.45, 2.75) is 56.6 Å². The van der Waals surface area contributed by atoms with Gasteiger partial charge >= 0.3 is 0 Å². The molecule has 1 fully saturated rings. The molecule has 2 aromatic rings. The minimum Gasteiger partial charge on any atom is -0.337 e. The van der Waals surface area contributed by atoms with Gasteiger partial charge in [0.05, 0.1) is 10.9 Å². The summed E-state index contributed by atoms with van der Waals surface area (Å²) in [4.78, 5) is 7.20. The van der Waals surface area contributed by atoms with Crippen molar-refractivity contribution >= 4 is 9.84 Å². The Hall–Kier alpha value is -1.73. The van der Waals surface area contributed by atoms with Crippen LogP contribution < -0.4 is 0 Å². The molecule has 6 nitrogen and oxygen atoms in total. The Kier molecular flexibility index (Phi) is 4.48. The van der Waals surface area contributed by atoms with Crippen LogP contribution in [0.5, 0.6) is 0 Å². The summed E-state index contributed by atoms with van der Waals surface area (Å²) < 4.78 is 28.5. The van der Waals surface area contributed by atoms with Crippen molar-refractivity contribution < 1.29 is 12.9 Å². The van der Waals surface area contributed by atoms with Gasteiger partial charge in [-0.3, -0.25) is 4.90 Å². The smallest absolute Gasteiger partial charge is 0.244 e. The SMILES string of the molecule is C[C@@H]1CC[C@@H](C)N1[C@@H](C)c1nc(-c2ccc(S(C)(=O)=O)cc2)no1. The molecule has 1 saturated heterocycles. The number of hydrogen-bond acceptors (Lipinski definition) is 6. The molecule has 0 amide bonds. The average Bonchev–Trinajstić information content (AvgIpc) is 3.13. The van der Waals surface area contributed by atoms with Gasteiger partial charge in [0.15, 0.2) is 9.84 Å². The first-order valence-electron chi connectivity index (χ1n) is 8.19. The molecule has 0 bridgehead atoms. The highest BCUT2D eigenvalue weighted by Crippen LogP contribution is 2.33. The predicted octanol–water partition coefficient (Wildman–Crippen LogP) is 3.07. The van der Waals surface area contributed by atoms with Crippen molar-refractivity contribution in [2.75, 3.05) is 6.26 Å². The molecule has 1 aliphatic rings. The minimum absolute atomic E-state index is 0.0639. The summed E-state index contributed by atoms with van der Waals surface area (Å²) in [6, 6.07) is 7.60. The first-order chi connectivity index (χ1) is 11.3. The van der Waals surface area contributed by atoms with E-state index in [9.17, 15) is 8.42 Å². The van der Waals surface area contributed by atoms with E-state index < -0.39 is 9.84 Å². The van der Waals surface area contributed by atoms with Gasteiger partial charge in [0.25, 0.3) is 0 Å². The zero-order valence-corrected chi connectivity index (χ0v) is 15.2. The Bertz CT molecular complexity index is 804. The Morgan fingerprint density at radius 1 is 1.17 bits per heavy atom. The number of aromatic nitrogens is 2. The van der Waals surface area contributed by atoms with Crippen LogP contribution in [0.1, 0.15) is 45.5 Å². The number of hydrogen-bond donors (Lipinski definition) is 0. The maximum Gasteiger partial charge on any atom is 0.244 e. The van der Waals surface area contributed by atoms with Gasteiger partial charge in [-0.15, -0.1) is 0 Å². The van der Waals surface area contributed by atoms with Crippen LogP contribution in [0.15, 0.2) is 33.7 Å². The molecule has 3 rings (SSSR count). The van der Waals surface area contributed by atoms with Crippen LogP contribution in [-0.4, -0.2) is 41.8 Å². The second-order valence-corrected chi connectivity index (χ2v) is 8.67. The molecule has 1 aromatic carbocycles. The molecule has 24 heavy (non-hydrogen) atoms. The number of nitrogens with zero attached hydrogens (tertiary/aromatic N) is 3. The molecular weight excluding hydrogens is 326 g/mol. The Labute approximate surface area is 142 Å². The second-order valence-electron chi connectivity index (χ2n) is 6.65. The molecule has 130 valence electrons. The summed E-state index contributed by atoms with van der Waals surface area (Å²) in [6.45, 7) is 6.53. The molecule has 0 aliphatic carbocycles. The maximum atomic E-state index is 11.5. The Balaban J connectivity index is 1.83. The van der Waals surface area contributed by atoms with Crippen molar-refractivity contribution in [3.8, 4) is 11.4 Å². The molecule has 0 radical (unpaired) electrons. The van der Waals surface area contributed by atoms with Crippen molar-refractivity contribution in [2.24, 2.45) is 0 Å². The molecule has 0 N–H and O–H groups in total. The third-order valence-corrected chi connectivity index (χ3v) is 5.94. The van der Waals surface area contributed by atoms with Gasteiger partial charge in [-0.1, -0.05) is 5.16 Å². The van der Waals surface area contributed by atoms with Gasteiger partial charge in [-0.25, -0.2) is 8.42 Å². The average molecular weight is 349 g/mol. The summed E-state index contributed by atoms with van der Waals surface area (Å²) in [5, 5.41) is 4.06. The zero-order valence-electron chi connectivity index (χ0n) is 14.4. The van der Waals surface area contributed by atoms with Gasteiger partial charge < -0.3 is 4.52 Å². The maximum absolute atomic E-state index is 11.5. The number of rotatable bonds is 4. The second kappa shape index (κ2) is 6.29. The van der Waals surface area contributed by atoms with E-state index in [0.717, 1.165) is 5.56 Å². The van der Waals surface area contributed by atoms with E-state index in [-0.39, 0.29) is 10.9 Å². The fraction of sp³-hybridized carbons (Fsp3) is 0.529. The van der Waals surface area contributed by atoms with Gasteiger partial charge in [-0.2, -0.15) is 4.98 Å². The van der Waals surface area contributed by atoms with Gasteiger partial charge in [0.1, 0.15) is 0 Å². The molecule has 7 heteroatoms. The van der Waals surface area contributed by atoms with Crippen LogP contribution in [0, 0.1) is 0 Å². The monoisotopic (exact) mass is 349 g/mol. The molecule has 0 saturated carbocycles. The van der Waals surface area contributed by atoms with Crippen LogP contribution in [0.2, 0.25) is 0 Å². The summed E-state index contributed by atoms with van der Waals surface area (Å²) in [6.07, 6.45) is 3.55. The van der Waals surface area contributed by atoms with E-state index in [4.69, 9.17) is 4.52 Å². The van der Waals surface area contributed by atoms with E-state index in [2.05, 4.69) is 35.8 Å². The lowest BCUT2D eigenvalue weighted by Crippen LogP contribution is -2.35. The van der Waals surface area contributed by atoms with Gasteiger partial charge in [0, 0.05) is 23.9 Å². The van der Waals surface area contributed by atoms with E-state index in [0.29, 0.717) is 23.8 Å². The highest BCUT2D eigenvalue weighted by Gasteiger charge is 2.34. The lowest BCUT2D eigenvalue weighted by molar-refractivity contribution is 0.128. The number of benzene rings is 1. The topological polar surface area (TPSA) is 76.3 Å². The van der Waals surface area contributed by atoms with E-state index in [1.54, 1.807) is 24.3 Å². The van der Waals surface area contributed by atoms with E-state index in [1.807, 2.05) is 0 Å². The molecule has 0 unspecified atom stereocenters. The zero-order chi connectivity index (χ0) is 17.5. The van der Waals surface area contributed by atoms with Crippen LogP contribution in [0.25, 0.3) is 11.4 Å². The third-order valence-electron chi connectivity index (χ3n) is 4.81. The van der Waals surface area contributed by atoms with Crippen molar-refractivity contribution in [1.29, 1.82) is 0 Å². The number of likely N-dealkylation sites (tertiary alicyclic amines) is 1. The first kappa shape index (κ1) is 17.1. The number of sulfone groups is 1. The van der Waals surface area contributed by atoms with Crippen LogP contribution in [0.3, 0.4) is 0 Å². The summed E-state index contributed by atoms with van der Waals surface area (Å²) >= 11 is 0. The normalized spacial score (nSPS) is 23.5. The molecular formula is C17H23N3O3S. The van der Waals surface area contributed by atoms with E-state index in [1.165, 1.54) is 19.1 Å². The fourth-order valence-corrected chi connectivity index (χ4v) is 4.11. The largest absolute Gasteiger partial charge is 0.337 e. The highest BCUT2D eigenvalue weighted by molar-refractivity contribution is 7.90. The lowest BCUT2D eigenvalue weighted by atomic mass is 10.2. The standard InChI is InChI=1S/C17H23N3O3S/c1-11-5-6-12(2)20(11)13(3)17-18-16(19-23-17)14-7-9-15(10-8-14)24(4,21)22/h7-13H,5-6H2,1-4H3/t11-,12-,13+/m1/s1. The van der Waals surface area contributed by atoms with Crippen LogP contribution in [-0.2, 0) is 9.84 Å². The molecule has 2 heterocycles. The Morgan fingerprint density at radius 2 is 1.75 bits per heavy atom. The lowest BCUT2D eigenvalue weighted by Gasteiger charge is -2.30. The van der Waals surface area contributed by atoms with Crippen LogP contribution >= 0.6 is 0 Å². The molecule has 0 spiro atoms. The summed E-state index contributed by atoms with van der Waals surface area (Å²) in [5.74, 6) is 1.08. The highest BCUT2D eigenvalue weighted by atomic mass is 32.2. The van der Waals surface area contributed by atoms with Crippen molar-refractivity contribution in [3.05, 3.63) is 30.2 Å². The molecule has 1 aromatic heterocycles. The molecule has 1 aliphatic heterocycles. The molecule has 3 atom stereocenters. The van der Waals surface area contributed by atoms with Crippen molar-refractivity contribution in [3.63, 3.8) is 0 Å². The van der Waals surface area contributed by atoms with E-state index >= 15 is 0 Å². The van der Waals surface area contributed by atoms with Gasteiger partial charge in [-0.05, 0) is 57.9 Å². The third kappa shape index (κ3) is 3.23.